The maximum Gasteiger partial charge on any atom is 0.357 e. The molecule has 22 heavy (non-hydrogen) atoms. The van der Waals surface area contributed by atoms with Crippen LogP contribution in [0.5, 0.6) is 0 Å². The van der Waals surface area contributed by atoms with Crippen LogP contribution in [-0.2, 0) is 4.74 Å². The Morgan fingerprint density at radius 3 is 2.68 bits per heavy atom. The zero-order chi connectivity index (χ0) is 16.4. The number of carboxylic acid groups (broad SMARTS) is 1. The van der Waals surface area contributed by atoms with Crippen molar-refractivity contribution in [2.75, 3.05) is 12.8 Å². The third kappa shape index (κ3) is 2.36. The highest BCUT2D eigenvalue weighted by atomic mass is 35.5. The topological polar surface area (TPSA) is 118 Å². The van der Waals surface area contributed by atoms with Gasteiger partial charge in [0.25, 0.3) is 0 Å². The van der Waals surface area contributed by atoms with E-state index in [4.69, 9.17) is 22.6 Å². The first-order valence-corrected chi connectivity index (χ1v) is 6.31. The lowest BCUT2D eigenvalue weighted by Crippen LogP contribution is -2.14. The van der Waals surface area contributed by atoms with Gasteiger partial charge in [-0.25, -0.2) is 9.59 Å². The predicted octanol–water partition coefficient (Wildman–Crippen LogP) is 2.07. The van der Waals surface area contributed by atoms with E-state index in [2.05, 4.69) is 4.74 Å². The second-order valence-electron chi connectivity index (χ2n) is 4.22. The van der Waals surface area contributed by atoms with E-state index >= 15 is 0 Å². The standard InChI is InChI=1S/C14H10ClN3O4/c1-22-14(21)12-11(17)7(5-16)6-18(12)9-4-2-3-8(15)10(9)13(19)20/h2-4,6H,17H2,1H3,(H,19,20). The van der Waals surface area contributed by atoms with Crippen LogP contribution in [0, 0.1) is 11.3 Å². The predicted molar refractivity (Wildman–Crippen MR) is 78.2 cm³/mol. The van der Waals surface area contributed by atoms with Crippen LogP contribution in [0.3, 0.4) is 0 Å². The highest BCUT2D eigenvalue weighted by Crippen LogP contribution is 2.29. The average molecular weight is 320 g/mol. The molecule has 8 heteroatoms. The maximum atomic E-state index is 11.9. The van der Waals surface area contributed by atoms with Gasteiger partial charge in [0, 0.05) is 6.20 Å². The van der Waals surface area contributed by atoms with E-state index in [0.29, 0.717) is 0 Å². The van der Waals surface area contributed by atoms with Crippen molar-refractivity contribution in [1.82, 2.24) is 4.57 Å². The molecular formula is C14H10ClN3O4. The van der Waals surface area contributed by atoms with Gasteiger partial charge in [-0.15, -0.1) is 0 Å². The number of rotatable bonds is 3. The second kappa shape index (κ2) is 5.79. The van der Waals surface area contributed by atoms with Gasteiger partial charge in [0.15, 0.2) is 5.69 Å². The Bertz CT molecular complexity index is 820. The molecule has 0 atom stereocenters. The number of halogens is 1. The van der Waals surface area contributed by atoms with Gasteiger partial charge in [0.1, 0.15) is 11.6 Å². The van der Waals surface area contributed by atoms with Gasteiger partial charge in [0.2, 0.25) is 0 Å². The van der Waals surface area contributed by atoms with Crippen molar-refractivity contribution in [2.45, 2.75) is 0 Å². The van der Waals surface area contributed by atoms with Crippen LogP contribution >= 0.6 is 11.6 Å². The molecule has 0 spiro atoms. The highest BCUT2D eigenvalue weighted by molar-refractivity contribution is 6.34. The number of aromatic carboxylic acids is 1. The molecule has 0 unspecified atom stereocenters. The van der Waals surface area contributed by atoms with E-state index in [-0.39, 0.29) is 33.2 Å². The minimum Gasteiger partial charge on any atom is -0.478 e. The lowest BCUT2D eigenvalue weighted by molar-refractivity contribution is 0.0591. The first-order valence-electron chi connectivity index (χ1n) is 5.93. The van der Waals surface area contributed by atoms with E-state index < -0.39 is 11.9 Å². The van der Waals surface area contributed by atoms with Crippen LogP contribution in [0.4, 0.5) is 5.69 Å². The summed E-state index contributed by atoms with van der Waals surface area (Å²) in [5.74, 6) is -2.07. The van der Waals surface area contributed by atoms with Crippen molar-refractivity contribution in [2.24, 2.45) is 0 Å². The third-order valence-corrected chi connectivity index (χ3v) is 3.32. The van der Waals surface area contributed by atoms with Crippen molar-refractivity contribution < 1.29 is 19.4 Å². The normalized spacial score (nSPS) is 10.0. The van der Waals surface area contributed by atoms with Crippen LogP contribution in [0.1, 0.15) is 26.4 Å². The zero-order valence-corrected chi connectivity index (χ0v) is 12.1. The molecule has 0 radical (unpaired) electrons. The summed E-state index contributed by atoms with van der Waals surface area (Å²) in [6, 6.07) is 6.21. The molecule has 1 aromatic carbocycles. The average Bonchev–Trinajstić information content (AvgIpc) is 2.82. The number of carbonyl (C=O) groups is 2. The summed E-state index contributed by atoms with van der Waals surface area (Å²) in [5, 5.41) is 18.4. The largest absolute Gasteiger partial charge is 0.478 e. The Morgan fingerprint density at radius 2 is 2.14 bits per heavy atom. The smallest absolute Gasteiger partial charge is 0.357 e. The molecule has 0 amide bonds. The molecule has 1 heterocycles. The summed E-state index contributed by atoms with van der Waals surface area (Å²) < 4.78 is 5.83. The number of nitrogens with two attached hydrogens (primary N) is 1. The molecule has 1 aromatic heterocycles. The number of nitriles is 1. The first kappa shape index (κ1) is 15.4. The van der Waals surface area contributed by atoms with Gasteiger partial charge >= 0.3 is 11.9 Å². The number of carbonyl (C=O) groups excluding carboxylic acids is 1. The van der Waals surface area contributed by atoms with Crippen LogP contribution < -0.4 is 5.73 Å². The number of hydrogen-bond donors (Lipinski definition) is 2. The van der Waals surface area contributed by atoms with E-state index in [0.717, 1.165) is 7.11 Å². The molecular weight excluding hydrogens is 310 g/mol. The highest BCUT2D eigenvalue weighted by Gasteiger charge is 2.25. The molecule has 2 aromatic rings. The van der Waals surface area contributed by atoms with E-state index in [1.54, 1.807) is 0 Å². The summed E-state index contributed by atoms with van der Waals surface area (Å²) in [5.41, 5.74) is 5.46. The minimum absolute atomic E-state index is 0.00778. The monoisotopic (exact) mass is 319 g/mol. The Hall–Kier alpha value is -2.98. The Kier molecular flexibility index (Phi) is 4.06. The van der Waals surface area contributed by atoms with Gasteiger partial charge < -0.3 is 20.1 Å². The second-order valence-corrected chi connectivity index (χ2v) is 4.62. The molecule has 2 rings (SSSR count). The first-order chi connectivity index (χ1) is 10.4. The van der Waals surface area contributed by atoms with Crippen LogP contribution in [0.15, 0.2) is 24.4 Å². The molecule has 0 fully saturated rings. The molecule has 0 aliphatic carbocycles. The van der Waals surface area contributed by atoms with E-state index in [1.807, 2.05) is 6.07 Å². The van der Waals surface area contributed by atoms with Crippen molar-refractivity contribution in [3.05, 3.63) is 46.2 Å². The molecule has 0 aliphatic heterocycles. The summed E-state index contributed by atoms with van der Waals surface area (Å²) >= 11 is 5.91. The third-order valence-electron chi connectivity index (χ3n) is 3.01. The van der Waals surface area contributed by atoms with E-state index in [9.17, 15) is 14.7 Å². The van der Waals surface area contributed by atoms with Gasteiger partial charge in [-0.1, -0.05) is 17.7 Å². The molecule has 0 bridgehead atoms. The number of aromatic nitrogens is 1. The Morgan fingerprint density at radius 1 is 1.45 bits per heavy atom. The van der Waals surface area contributed by atoms with E-state index in [1.165, 1.54) is 29.0 Å². The molecule has 7 nitrogen and oxygen atoms in total. The number of anilines is 1. The maximum absolute atomic E-state index is 11.9. The summed E-state index contributed by atoms with van der Waals surface area (Å²) in [7, 11) is 1.15. The lowest BCUT2D eigenvalue weighted by atomic mass is 10.1. The molecule has 0 saturated carbocycles. The van der Waals surface area contributed by atoms with Gasteiger partial charge in [-0.05, 0) is 12.1 Å². The number of esters is 1. The Labute approximate surface area is 130 Å². The molecule has 0 aliphatic rings. The number of nitrogens with zero attached hydrogens (tertiary/aromatic N) is 2. The summed E-state index contributed by atoms with van der Waals surface area (Å²) in [6.45, 7) is 0. The fourth-order valence-corrected chi connectivity index (χ4v) is 2.28. The van der Waals surface area contributed by atoms with Gasteiger partial charge in [-0.3, -0.25) is 0 Å². The fourth-order valence-electron chi connectivity index (χ4n) is 2.03. The lowest BCUT2D eigenvalue weighted by Gasteiger charge is -2.12. The van der Waals surface area contributed by atoms with Crippen molar-refractivity contribution >= 4 is 29.2 Å². The number of benzene rings is 1. The number of ether oxygens (including phenoxy) is 1. The zero-order valence-electron chi connectivity index (χ0n) is 11.3. The molecule has 112 valence electrons. The van der Waals surface area contributed by atoms with Gasteiger partial charge in [-0.2, -0.15) is 5.26 Å². The summed E-state index contributed by atoms with van der Waals surface area (Å²) in [6.07, 6.45) is 1.26. The molecule has 0 saturated heterocycles. The van der Waals surface area contributed by atoms with Crippen molar-refractivity contribution in [1.29, 1.82) is 5.26 Å². The van der Waals surface area contributed by atoms with Gasteiger partial charge in [0.05, 0.1) is 29.1 Å². The number of hydrogen-bond acceptors (Lipinski definition) is 5. The van der Waals surface area contributed by atoms with Crippen molar-refractivity contribution in [3.63, 3.8) is 0 Å². The minimum atomic E-state index is -1.28. The quantitative estimate of drug-likeness (QED) is 0.836. The fraction of sp³-hybridized carbons (Fsp3) is 0.0714. The van der Waals surface area contributed by atoms with Crippen LogP contribution in [0.25, 0.3) is 5.69 Å². The van der Waals surface area contributed by atoms with Crippen molar-refractivity contribution in [3.8, 4) is 11.8 Å². The summed E-state index contributed by atoms with van der Waals surface area (Å²) in [4.78, 5) is 23.3. The SMILES string of the molecule is COC(=O)c1c(N)c(C#N)cn1-c1cccc(Cl)c1C(=O)O. The number of carboxylic acids is 1. The van der Waals surface area contributed by atoms with Crippen LogP contribution in [0.2, 0.25) is 5.02 Å². The Balaban J connectivity index is 2.85. The number of nitrogen functional groups attached to an aromatic ring is 1. The molecule has 3 N–H and O–H groups in total. The number of methoxy groups -OCH3 is 1. The van der Waals surface area contributed by atoms with Crippen LogP contribution in [-0.4, -0.2) is 28.7 Å².